The number of aryl methyl sites for hydroxylation is 1. The number of fused-ring (bicyclic) bond motifs is 1. The van der Waals surface area contributed by atoms with E-state index < -0.39 is 0 Å². The van der Waals surface area contributed by atoms with Gasteiger partial charge < -0.3 is 5.32 Å². The van der Waals surface area contributed by atoms with E-state index in [0.717, 1.165) is 17.3 Å². The lowest BCUT2D eigenvalue weighted by molar-refractivity contribution is 0.0939. The molecule has 1 N–H and O–H groups in total. The van der Waals surface area contributed by atoms with E-state index in [2.05, 4.69) is 48.5 Å². The molecular formula is C20H23N3O. The molecule has 0 aliphatic carbocycles. The normalized spacial score (nSPS) is 12.3. The third-order valence-corrected chi connectivity index (χ3v) is 4.35. The molecule has 0 unspecified atom stereocenters. The van der Waals surface area contributed by atoms with Crippen LogP contribution in [-0.4, -0.2) is 21.7 Å². The summed E-state index contributed by atoms with van der Waals surface area (Å²) in [5.41, 5.74) is 4.09. The molecule has 0 saturated carbocycles. The van der Waals surface area contributed by atoms with Crippen molar-refractivity contribution in [3.05, 3.63) is 65.4 Å². The van der Waals surface area contributed by atoms with Crippen LogP contribution in [0.1, 0.15) is 41.8 Å². The molecule has 4 nitrogen and oxygen atoms in total. The van der Waals surface area contributed by atoms with E-state index in [1.165, 1.54) is 11.1 Å². The first-order valence-corrected chi connectivity index (χ1v) is 8.39. The third kappa shape index (κ3) is 3.48. The summed E-state index contributed by atoms with van der Waals surface area (Å²) < 4.78 is 1.94. The maximum atomic E-state index is 12.3. The molecule has 2 aromatic carbocycles. The summed E-state index contributed by atoms with van der Waals surface area (Å²) in [7, 11) is 0. The second-order valence-corrected chi connectivity index (χ2v) is 6.34. The molecule has 1 aromatic heterocycles. The van der Waals surface area contributed by atoms with Crippen LogP contribution in [0.25, 0.3) is 10.9 Å². The lowest BCUT2D eigenvalue weighted by atomic mass is 10.1. The highest BCUT2D eigenvalue weighted by Crippen LogP contribution is 2.18. The van der Waals surface area contributed by atoms with Gasteiger partial charge in [-0.1, -0.05) is 42.8 Å². The van der Waals surface area contributed by atoms with Crippen LogP contribution in [0, 0.1) is 6.92 Å². The van der Waals surface area contributed by atoms with Gasteiger partial charge in [0.25, 0.3) is 5.91 Å². The van der Waals surface area contributed by atoms with Crippen molar-refractivity contribution in [3.8, 4) is 0 Å². The Bertz CT molecular complexity index is 849. The molecule has 3 rings (SSSR count). The van der Waals surface area contributed by atoms with Crippen molar-refractivity contribution >= 4 is 16.8 Å². The Morgan fingerprint density at radius 2 is 1.96 bits per heavy atom. The van der Waals surface area contributed by atoms with Crippen LogP contribution in [0.3, 0.4) is 0 Å². The quantitative estimate of drug-likeness (QED) is 0.774. The highest BCUT2D eigenvalue weighted by molar-refractivity contribution is 5.98. The van der Waals surface area contributed by atoms with Crippen LogP contribution in [0.15, 0.2) is 48.7 Å². The van der Waals surface area contributed by atoms with E-state index >= 15 is 0 Å². The van der Waals surface area contributed by atoms with Crippen LogP contribution >= 0.6 is 0 Å². The summed E-state index contributed by atoms with van der Waals surface area (Å²) in [5.74, 6) is -0.0330. The van der Waals surface area contributed by atoms with Crippen molar-refractivity contribution in [2.24, 2.45) is 0 Å². The average molecular weight is 321 g/mol. The molecule has 1 atom stereocenters. The summed E-state index contributed by atoms with van der Waals surface area (Å²) >= 11 is 0. The maximum absolute atomic E-state index is 12.3. The Kier molecular flexibility index (Phi) is 4.65. The smallest absolute Gasteiger partial charge is 0.251 e. The molecule has 4 heteroatoms. The molecule has 124 valence electrons. The van der Waals surface area contributed by atoms with E-state index in [4.69, 9.17) is 0 Å². The Balaban J connectivity index is 1.88. The topological polar surface area (TPSA) is 46.9 Å². The molecule has 0 aliphatic heterocycles. The minimum Gasteiger partial charge on any atom is -0.350 e. The van der Waals surface area contributed by atoms with Crippen molar-refractivity contribution in [2.45, 2.75) is 39.8 Å². The Morgan fingerprint density at radius 1 is 1.21 bits per heavy atom. The van der Waals surface area contributed by atoms with Gasteiger partial charge in [-0.3, -0.25) is 9.48 Å². The molecule has 1 amide bonds. The number of nitrogens with one attached hydrogen (secondary N) is 1. The number of rotatable bonds is 5. The van der Waals surface area contributed by atoms with Crippen LogP contribution in [0.2, 0.25) is 0 Å². The highest BCUT2D eigenvalue weighted by Gasteiger charge is 2.11. The standard InChI is InChI=1S/C20H23N3O/c1-4-15(3)22-20(24)17-9-10-18-12-21-23(19(18)11-17)13-16-7-5-14(2)6-8-16/h5-12,15H,4,13H2,1-3H3,(H,22,24)/t15-/m0/s1. The highest BCUT2D eigenvalue weighted by atomic mass is 16.1. The van der Waals surface area contributed by atoms with E-state index in [-0.39, 0.29) is 11.9 Å². The maximum Gasteiger partial charge on any atom is 0.251 e. The summed E-state index contributed by atoms with van der Waals surface area (Å²) in [4.78, 5) is 12.3. The predicted molar refractivity (Wildman–Crippen MR) is 97.2 cm³/mol. The number of carbonyl (C=O) groups excluding carboxylic acids is 1. The van der Waals surface area contributed by atoms with Gasteiger partial charge >= 0.3 is 0 Å². The van der Waals surface area contributed by atoms with Crippen LogP contribution in [-0.2, 0) is 6.54 Å². The van der Waals surface area contributed by atoms with Gasteiger partial charge in [0.1, 0.15) is 0 Å². The second kappa shape index (κ2) is 6.87. The molecule has 3 aromatic rings. The van der Waals surface area contributed by atoms with E-state index in [0.29, 0.717) is 12.1 Å². The number of hydrogen-bond acceptors (Lipinski definition) is 2. The fraction of sp³-hybridized carbons (Fsp3) is 0.300. The molecule has 1 heterocycles. The molecular weight excluding hydrogens is 298 g/mol. The number of benzene rings is 2. The van der Waals surface area contributed by atoms with Crippen LogP contribution in [0.5, 0.6) is 0 Å². The van der Waals surface area contributed by atoms with E-state index in [9.17, 15) is 4.79 Å². The minimum absolute atomic E-state index is 0.0330. The van der Waals surface area contributed by atoms with Crippen molar-refractivity contribution < 1.29 is 4.79 Å². The SMILES string of the molecule is CC[C@H](C)NC(=O)c1ccc2cnn(Cc3ccc(C)cc3)c2c1. The first-order chi connectivity index (χ1) is 11.6. The van der Waals surface area contributed by atoms with Gasteiger partial charge in [-0.25, -0.2) is 0 Å². The van der Waals surface area contributed by atoms with Gasteiger partial charge in [0.15, 0.2) is 0 Å². The molecule has 24 heavy (non-hydrogen) atoms. The Labute approximate surface area is 142 Å². The Hall–Kier alpha value is -2.62. The number of amides is 1. The fourth-order valence-electron chi connectivity index (χ4n) is 2.61. The molecule has 0 spiro atoms. The van der Waals surface area contributed by atoms with Gasteiger partial charge in [0.05, 0.1) is 18.3 Å². The predicted octanol–water partition coefficient (Wildman–Crippen LogP) is 3.92. The molecule has 0 bridgehead atoms. The van der Waals surface area contributed by atoms with Gasteiger partial charge in [-0.15, -0.1) is 0 Å². The second-order valence-electron chi connectivity index (χ2n) is 6.34. The summed E-state index contributed by atoms with van der Waals surface area (Å²) in [6.45, 7) is 6.85. The zero-order valence-corrected chi connectivity index (χ0v) is 14.4. The summed E-state index contributed by atoms with van der Waals surface area (Å²) in [6.07, 6.45) is 2.76. The molecule has 0 saturated heterocycles. The fourth-order valence-corrected chi connectivity index (χ4v) is 2.61. The van der Waals surface area contributed by atoms with Gasteiger partial charge in [0, 0.05) is 17.0 Å². The average Bonchev–Trinajstić information content (AvgIpc) is 2.99. The largest absolute Gasteiger partial charge is 0.350 e. The first-order valence-electron chi connectivity index (χ1n) is 8.39. The van der Waals surface area contributed by atoms with Crippen molar-refractivity contribution in [1.29, 1.82) is 0 Å². The lowest BCUT2D eigenvalue weighted by Crippen LogP contribution is -2.31. The molecule has 0 radical (unpaired) electrons. The Morgan fingerprint density at radius 3 is 2.67 bits per heavy atom. The van der Waals surface area contributed by atoms with Gasteiger partial charge in [-0.05, 0) is 38.0 Å². The summed E-state index contributed by atoms with van der Waals surface area (Å²) in [6, 6.07) is 14.3. The number of hydrogen-bond donors (Lipinski definition) is 1. The minimum atomic E-state index is -0.0330. The summed E-state index contributed by atoms with van der Waals surface area (Å²) in [5, 5.41) is 8.53. The van der Waals surface area contributed by atoms with Gasteiger partial charge in [-0.2, -0.15) is 5.10 Å². The monoisotopic (exact) mass is 321 g/mol. The van der Waals surface area contributed by atoms with Crippen molar-refractivity contribution in [3.63, 3.8) is 0 Å². The number of nitrogens with zero attached hydrogens (tertiary/aromatic N) is 2. The first kappa shape index (κ1) is 16.2. The third-order valence-electron chi connectivity index (χ3n) is 4.35. The van der Waals surface area contributed by atoms with Crippen LogP contribution < -0.4 is 5.32 Å². The van der Waals surface area contributed by atoms with Crippen molar-refractivity contribution in [1.82, 2.24) is 15.1 Å². The van der Waals surface area contributed by atoms with E-state index in [1.54, 1.807) is 0 Å². The lowest BCUT2D eigenvalue weighted by Gasteiger charge is -2.11. The number of carbonyl (C=O) groups is 1. The zero-order valence-electron chi connectivity index (χ0n) is 14.4. The number of aromatic nitrogens is 2. The molecule has 0 aliphatic rings. The van der Waals surface area contributed by atoms with Crippen molar-refractivity contribution in [2.75, 3.05) is 0 Å². The molecule has 0 fully saturated rings. The zero-order chi connectivity index (χ0) is 17.1. The van der Waals surface area contributed by atoms with E-state index in [1.807, 2.05) is 36.0 Å². The van der Waals surface area contributed by atoms with Gasteiger partial charge in [0.2, 0.25) is 0 Å². The van der Waals surface area contributed by atoms with Crippen LogP contribution in [0.4, 0.5) is 0 Å².